The molecule has 2 aromatic carbocycles. The Hall–Kier alpha value is -3.10. The average Bonchev–Trinajstić information content (AvgIpc) is 2.61. The van der Waals surface area contributed by atoms with Crippen molar-refractivity contribution in [3.63, 3.8) is 0 Å². The molecule has 1 heterocycles. The number of aromatic nitrogens is 2. The molecule has 118 valence electrons. The van der Waals surface area contributed by atoms with Crippen LogP contribution in [0.4, 0.5) is 11.6 Å². The van der Waals surface area contributed by atoms with Gasteiger partial charge in [0.25, 0.3) is 0 Å². The summed E-state index contributed by atoms with van der Waals surface area (Å²) in [5.74, 6) is 0.983. The van der Waals surface area contributed by atoms with Crippen LogP contribution >= 0.6 is 11.6 Å². The van der Waals surface area contributed by atoms with Gasteiger partial charge in [-0.3, -0.25) is 0 Å². The van der Waals surface area contributed by atoms with Gasteiger partial charge in [0.05, 0.1) is 18.4 Å². The molecule has 1 N–H and O–H groups in total. The van der Waals surface area contributed by atoms with Crippen LogP contribution in [-0.2, 0) is 0 Å². The van der Waals surface area contributed by atoms with Gasteiger partial charge in [0.1, 0.15) is 11.8 Å². The molecule has 0 atom stereocenters. The summed E-state index contributed by atoms with van der Waals surface area (Å²) < 4.78 is 5.16. The van der Waals surface area contributed by atoms with E-state index in [1.807, 2.05) is 18.2 Å². The first kappa shape index (κ1) is 15.8. The van der Waals surface area contributed by atoms with Crippen molar-refractivity contribution in [1.82, 2.24) is 9.97 Å². The molecule has 0 fully saturated rings. The normalized spacial score (nSPS) is 10.0. The average molecular weight is 337 g/mol. The lowest BCUT2D eigenvalue weighted by Gasteiger charge is -2.08. The highest BCUT2D eigenvalue weighted by Crippen LogP contribution is 2.26. The van der Waals surface area contributed by atoms with Gasteiger partial charge in [-0.2, -0.15) is 5.26 Å². The lowest BCUT2D eigenvalue weighted by molar-refractivity contribution is 0.413. The van der Waals surface area contributed by atoms with Gasteiger partial charge >= 0.3 is 0 Å². The molecule has 3 aromatic rings. The molecule has 0 radical (unpaired) electrons. The first-order valence-corrected chi connectivity index (χ1v) is 7.51. The maximum atomic E-state index is 9.21. The molecule has 1 aromatic heterocycles. The lowest BCUT2D eigenvalue weighted by Crippen LogP contribution is -1.98. The zero-order chi connectivity index (χ0) is 16.9. The minimum Gasteiger partial charge on any atom is -0.495 e. The fourth-order valence-electron chi connectivity index (χ4n) is 2.23. The van der Waals surface area contributed by atoms with Crippen LogP contribution in [0.2, 0.25) is 5.02 Å². The third-order valence-corrected chi connectivity index (χ3v) is 3.59. The number of ether oxygens (including phenoxy) is 1. The van der Waals surface area contributed by atoms with Gasteiger partial charge < -0.3 is 10.1 Å². The molecule has 0 aliphatic carbocycles. The second-order valence-electron chi connectivity index (χ2n) is 4.93. The molecule has 0 saturated carbocycles. The summed E-state index contributed by atoms with van der Waals surface area (Å²) in [5, 5.41) is 12.9. The van der Waals surface area contributed by atoms with Gasteiger partial charge in [-0.1, -0.05) is 17.7 Å². The number of rotatable bonds is 4. The van der Waals surface area contributed by atoms with E-state index in [-0.39, 0.29) is 0 Å². The van der Waals surface area contributed by atoms with Gasteiger partial charge in [-0.05, 0) is 42.5 Å². The quantitative estimate of drug-likeness (QED) is 0.763. The topological polar surface area (TPSA) is 70.8 Å². The predicted molar refractivity (Wildman–Crippen MR) is 93.5 cm³/mol. The summed E-state index contributed by atoms with van der Waals surface area (Å²) in [4.78, 5) is 8.69. The van der Waals surface area contributed by atoms with Gasteiger partial charge in [-0.15, -0.1) is 0 Å². The van der Waals surface area contributed by atoms with E-state index in [0.717, 1.165) is 11.3 Å². The van der Waals surface area contributed by atoms with Crippen LogP contribution < -0.4 is 10.1 Å². The molecule has 0 bridgehead atoms. The minimum atomic E-state index is 0.448. The Morgan fingerprint density at radius 2 is 2.04 bits per heavy atom. The molecule has 0 saturated heterocycles. The third-order valence-electron chi connectivity index (χ3n) is 3.35. The van der Waals surface area contributed by atoms with E-state index in [0.29, 0.717) is 28.0 Å². The Morgan fingerprint density at radius 1 is 1.17 bits per heavy atom. The van der Waals surface area contributed by atoms with Crippen molar-refractivity contribution >= 4 is 23.2 Å². The van der Waals surface area contributed by atoms with E-state index in [1.165, 1.54) is 7.11 Å². The highest BCUT2D eigenvalue weighted by Gasteiger charge is 2.08. The molecular formula is C18H13ClN4O. The van der Waals surface area contributed by atoms with Crippen LogP contribution in [0.3, 0.4) is 0 Å². The maximum Gasteiger partial charge on any atom is 0.227 e. The highest BCUT2D eigenvalue weighted by atomic mass is 35.5. The molecule has 0 amide bonds. The van der Waals surface area contributed by atoms with Crippen LogP contribution in [0.25, 0.3) is 11.3 Å². The van der Waals surface area contributed by atoms with Gasteiger partial charge in [-0.25, -0.2) is 9.97 Å². The predicted octanol–water partition coefficient (Wildman–Crippen LogP) is 4.42. The smallest absolute Gasteiger partial charge is 0.227 e. The van der Waals surface area contributed by atoms with Crippen molar-refractivity contribution in [3.8, 4) is 23.1 Å². The summed E-state index contributed by atoms with van der Waals surface area (Å²) in [7, 11) is 1.54. The number of anilines is 2. The molecule has 0 aliphatic heterocycles. The van der Waals surface area contributed by atoms with E-state index >= 15 is 0 Å². The molecule has 3 rings (SSSR count). The monoisotopic (exact) mass is 336 g/mol. The van der Waals surface area contributed by atoms with E-state index in [2.05, 4.69) is 21.4 Å². The van der Waals surface area contributed by atoms with E-state index < -0.39 is 0 Å². The standard InChI is InChI=1S/C18H13ClN4O/c1-24-17-6-5-12(9-13(17)11-20)16-7-8-21-18(23-16)22-15-4-2-3-14(19)10-15/h2-10H,1H3,(H,21,22,23). The van der Waals surface area contributed by atoms with Crippen LogP contribution in [0.1, 0.15) is 5.56 Å². The van der Waals surface area contributed by atoms with Gasteiger partial charge in [0.2, 0.25) is 5.95 Å². The summed E-state index contributed by atoms with van der Waals surface area (Å²) in [6, 6.07) is 16.6. The second-order valence-corrected chi connectivity index (χ2v) is 5.36. The zero-order valence-corrected chi connectivity index (χ0v) is 13.6. The van der Waals surface area contributed by atoms with Crippen molar-refractivity contribution in [2.24, 2.45) is 0 Å². The largest absolute Gasteiger partial charge is 0.495 e. The number of hydrogen-bond donors (Lipinski definition) is 1. The van der Waals surface area contributed by atoms with E-state index in [4.69, 9.17) is 16.3 Å². The summed E-state index contributed by atoms with van der Waals surface area (Å²) in [6.45, 7) is 0. The first-order chi connectivity index (χ1) is 11.7. The molecule has 6 heteroatoms. The number of nitrogens with zero attached hydrogens (tertiary/aromatic N) is 3. The lowest BCUT2D eigenvalue weighted by atomic mass is 10.1. The van der Waals surface area contributed by atoms with Crippen molar-refractivity contribution < 1.29 is 4.74 Å². The molecule has 0 spiro atoms. The van der Waals surface area contributed by atoms with Crippen LogP contribution in [0, 0.1) is 11.3 Å². The second kappa shape index (κ2) is 6.99. The molecular weight excluding hydrogens is 324 g/mol. The molecule has 24 heavy (non-hydrogen) atoms. The highest BCUT2D eigenvalue weighted by molar-refractivity contribution is 6.30. The Kier molecular flexibility index (Phi) is 4.59. The number of nitriles is 1. The number of nitrogens with one attached hydrogen (secondary N) is 1. The summed E-state index contributed by atoms with van der Waals surface area (Å²) in [5.41, 5.74) is 2.77. The first-order valence-electron chi connectivity index (χ1n) is 7.14. The SMILES string of the molecule is COc1ccc(-c2ccnc(Nc3cccc(Cl)c3)n2)cc1C#N. The molecule has 0 aliphatic rings. The van der Waals surface area contributed by atoms with Gasteiger partial charge in [0.15, 0.2) is 0 Å². The summed E-state index contributed by atoms with van der Waals surface area (Å²) in [6.07, 6.45) is 1.66. The number of benzene rings is 2. The molecule has 0 unspecified atom stereocenters. The van der Waals surface area contributed by atoms with E-state index in [1.54, 1.807) is 36.5 Å². The Balaban J connectivity index is 1.92. The van der Waals surface area contributed by atoms with Crippen LogP contribution in [-0.4, -0.2) is 17.1 Å². The van der Waals surface area contributed by atoms with Crippen molar-refractivity contribution in [3.05, 3.63) is 65.3 Å². The summed E-state index contributed by atoms with van der Waals surface area (Å²) >= 11 is 5.98. The van der Waals surface area contributed by atoms with Crippen molar-refractivity contribution in [1.29, 1.82) is 5.26 Å². The van der Waals surface area contributed by atoms with Crippen molar-refractivity contribution in [2.75, 3.05) is 12.4 Å². The number of methoxy groups -OCH3 is 1. The minimum absolute atomic E-state index is 0.448. The molecule has 5 nitrogen and oxygen atoms in total. The Labute approximate surface area is 144 Å². The fourth-order valence-corrected chi connectivity index (χ4v) is 2.42. The third kappa shape index (κ3) is 3.45. The van der Waals surface area contributed by atoms with Crippen LogP contribution in [0.15, 0.2) is 54.7 Å². The van der Waals surface area contributed by atoms with Crippen LogP contribution in [0.5, 0.6) is 5.75 Å². The maximum absolute atomic E-state index is 9.21. The number of halogens is 1. The van der Waals surface area contributed by atoms with E-state index in [9.17, 15) is 5.26 Å². The number of hydrogen-bond acceptors (Lipinski definition) is 5. The van der Waals surface area contributed by atoms with Gasteiger partial charge in [0, 0.05) is 22.5 Å². The Morgan fingerprint density at radius 3 is 2.79 bits per heavy atom. The fraction of sp³-hybridized carbons (Fsp3) is 0.0556. The van der Waals surface area contributed by atoms with Crippen molar-refractivity contribution in [2.45, 2.75) is 0 Å². The zero-order valence-electron chi connectivity index (χ0n) is 12.8. The Bertz CT molecular complexity index is 921.